The number of hydrogen-bond acceptors (Lipinski definition) is 5. The van der Waals surface area contributed by atoms with E-state index in [2.05, 4.69) is 24.5 Å². The van der Waals surface area contributed by atoms with Crippen LogP contribution in [0.25, 0.3) is 0 Å². The van der Waals surface area contributed by atoms with Crippen LogP contribution in [0.1, 0.15) is 53.9 Å². The fourth-order valence-corrected chi connectivity index (χ4v) is 5.21. The van der Waals surface area contributed by atoms with Crippen molar-refractivity contribution < 1.29 is 19.2 Å². The molecule has 4 amide bonds. The molecular formula is C22H37N5O4. The number of rotatable bonds is 6. The van der Waals surface area contributed by atoms with E-state index in [1.165, 1.54) is 0 Å². The van der Waals surface area contributed by atoms with E-state index in [1.807, 2.05) is 20.8 Å². The topological polar surface area (TPSA) is 148 Å². The van der Waals surface area contributed by atoms with Gasteiger partial charge in [0.25, 0.3) is 0 Å². The largest absolute Gasteiger partial charge is 0.368 e. The van der Waals surface area contributed by atoms with Crippen LogP contribution in [0, 0.1) is 28.6 Å². The number of nitrogens with one attached hydrogen (secondary N) is 2. The molecule has 0 aromatic rings. The zero-order valence-corrected chi connectivity index (χ0v) is 19.2. The van der Waals surface area contributed by atoms with Gasteiger partial charge in [-0.1, -0.05) is 34.6 Å². The molecule has 0 aromatic heterocycles. The first-order valence-corrected chi connectivity index (χ1v) is 11.2. The van der Waals surface area contributed by atoms with Gasteiger partial charge in [0.1, 0.15) is 12.1 Å². The molecule has 9 nitrogen and oxygen atoms in total. The van der Waals surface area contributed by atoms with Gasteiger partial charge < -0.3 is 27.0 Å². The van der Waals surface area contributed by atoms with Gasteiger partial charge in [-0.15, -0.1) is 0 Å². The lowest BCUT2D eigenvalue weighted by molar-refractivity contribution is -0.143. The van der Waals surface area contributed by atoms with Crippen LogP contribution in [-0.4, -0.2) is 59.7 Å². The van der Waals surface area contributed by atoms with Crippen LogP contribution in [0.5, 0.6) is 0 Å². The molecule has 6 N–H and O–H groups in total. The fourth-order valence-electron chi connectivity index (χ4n) is 5.21. The van der Waals surface area contributed by atoms with Gasteiger partial charge in [-0.05, 0) is 41.9 Å². The summed E-state index contributed by atoms with van der Waals surface area (Å²) in [5.41, 5.74) is 11.3. The highest BCUT2D eigenvalue weighted by molar-refractivity contribution is 5.94. The molecule has 6 atom stereocenters. The van der Waals surface area contributed by atoms with Crippen LogP contribution in [0.2, 0.25) is 0 Å². The first kappa shape index (κ1) is 23.5. The Morgan fingerprint density at radius 1 is 1.29 bits per heavy atom. The maximum absolute atomic E-state index is 13.3. The van der Waals surface area contributed by atoms with Crippen molar-refractivity contribution in [1.82, 2.24) is 15.5 Å². The maximum atomic E-state index is 13.3. The Balaban J connectivity index is 1.76. The van der Waals surface area contributed by atoms with Gasteiger partial charge >= 0.3 is 0 Å². The molecule has 1 saturated carbocycles. The molecule has 2 aliphatic heterocycles. The number of hydrogen-bond donors (Lipinski definition) is 4. The van der Waals surface area contributed by atoms with E-state index in [0.717, 1.165) is 6.42 Å². The minimum Gasteiger partial charge on any atom is -0.368 e. The number of likely N-dealkylation sites (tertiary alicyclic amines) is 1. The molecule has 0 radical (unpaired) electrons. The molecule has 0 spiro atoms. The Morgan fingerprint density at radius 2 is 1.94 bits per heavy atom. The summed E-state index contributed by atoms with van der Waals surface area (Å²) in [7, 11) is 0. The number of carbonyl (C=O) groups is 4. The third kappa shape index (κ3) is 4.42. The quantitative estimate of drug-likeness (QED) is 0.453. The van der Waals surface area contributed by atoms with Gasteiger partial charge in [-0.2, -0.15) is 0 Å². The maximum Gasteiger partial charge on any atom is 0.243 e. The smallest absolute Gasteiger partial charge is 0.243 e. The predicted octanol–water partition coefficient (Wildman–Crippen LogP) is -0.271. The number of primary amides is 1. The molecule has 0 bridgehead atoms. The molecule has 2 unspecified atom stereocenters. The summed E-state index contributed by atoms with van der Waals surface area (Å²) >= 11 is 0. The monoisotopic (exact) mass is 435 g/mol. The second-order valence-electron chi connectivity index (χ2n) is 11.1. The minimum atomic E-state index is -0.962. The Bertz CT molecular complexity index is 774. The summed E-state index contributed by atoms with van der Waals surface area (Å²) in [6.45, 7) is 11.0. The van der Waals surface area contributed by atoms with Gasteiger partial charge in [0.15, 0.2) is 0 Å². The highest BCUT2D eigenvalue weighted by Crippen LogP contribution is 2.65. The molecule has 3 rings (SSSR count). The highest BCUT2D eigenvalue weighted by Gasteiger charge is 2.69. The summed E-state index contributed by atoms with van der Waals surface area (Å²) in [6, 6.07) is -2.39. The van der Waals surface area contributed by atoms with Gasteiger partial charge in [0.05, 0.1) is 6.04 Å². The van der Waals surface area contributed by atoms with Gasteiger partial charge in [-0.3, -0.25) is 19.2 Å². The number of nitrogens with two attached hydrogens (primary N) is 2. The molecule has 1 aliphatic carbocycles. The van der Waals surface area contributed by atoms with Crippen LogP contribution in [-0.2, 0) is 19.2 Å². The van der Waals surface area contributed by atoms with E-state index in [1.54, 1.807) is 4.90 Å². The third-order valence-electron chi connectivity index (χ3n) is 7.54. The van der Waals surface area contributed by atoms with Crippen LogP contribution in [0.15, 0.2) is 0 Å². The lowest BCUT2D eigenvalue weighted by Crippen LogP contribution is -2.59. The average molecular weight is 436 g/mol. The van der Waals surface area contributed by atoms with E-state index in [-0.39, 0.29) is 41.4 Å². The number of amides is 4. The standard InChI is InChI=1S/C22H37N5O4/c1-21(2,3)16(23)20(31)27-10-12-14(22(12,4)5)15(27)19(30)26-13(17(24)28)9-11-7-6-8-25-18(11)29/h11-16H,6-10,23H2,1-5H3,(H2,24,28)(H,25,29)(H,26,30)/t11-,12-,13?,14-,15-,16?/m0/s1. The second kappa shape index (κ2) is 8.07. The Labute approximate surface area is 184 Å². The molecule has 174 valence electrons. The molecular weight excluding hydrogens is 398 g/mol. The summed E-state index contributed by atoms with van der Waals surface area (Å²) in [5, 5.41) is 5.54. The summed E-state index contributed by atoms with van der Waals surface area (Å²) in [5.74, 6) is -1.59. The molecule has 2 heterocycles. The van der Waals surface area contributed by atoms with Crippen molar-refractivity contribution in [2.45, 2.75) is 72.0 Å². The van der Waals surface area contributed by atoms with Crippen molar-refractivity contribution in [2.24, 2.45) is 40.1 Å². The Morgan fingerprint density at radius 3 is 2.48 bits per heavy atom. The predicted molar refractivity (Wildman–Crippen MR) is 115 cm³/mol. The van der Waals surface area contributed by atoms with E-state index < -0.39 is 35.4 Å². The van der Waals surface area contributed by atoms with E-state index in [0.29, 0.717) is 19.5 Å². The Hall–Kier alpha value is -2.16. The Kier molecular flexibility index (Phi) is 6.12. The fraction of sp³-hybridized carbons (Fsp3) is 0.818. The highest BCUT2D eigenvalue weighted by atomic mass is 16.2. The average Bonchev–Trinajstić information content (AvgIpc) is 3.02. The molecule has 2 saturated heterocycles. The molecule has 3 aliphatic rings. The van der Waals surface area contributed by atoms with E-state index >= 15 is 0 Å². The molecule has 3 fully saturated rings. The van der Waals surface area contributed by atoms with Crippen LogP contribution in [0.4, 0.5) is 0 Å². The zero-order valence-electron chi connectivity index (χ0n) is 19.2. The van der Waals surface area contributed by atoms with Crippen molar-refractivity contribution in [1.29, 1.82) is 0 Å². The van der Waals surface area contributed by atoms with Gasteiger partial charge in [0.2, 0.25) is 23.6 Å². The molecule has 31 heavy (non-hydrogen) atoms. The number of carbonyl (C=O) groups excluding carboxylic acids is 4. The third-order valence-corrected chi connectivity index (χ3v) is 7.54. The first-order valence-electron chi connectivity index (χ1n) is 11.2. The second-order valence-corrected chi connectivity index (χ2v) is 11.1. The van der Waals surface area contributed by atoms with Gasteiger partial charge in [-0.25, -0.2) is 0 Å². The summed E-state index contributed by atoms with van der Waals surface area (Å²) in [4.78, 5) is 52.2. The van der Waals surface area contributed by atoms with E-state index in [4.69, 9.17) is 11.5 Å². The molecule has 9 heteroatoms. The number of piperidine rings is 2. The molecule has 0 aromatic carbocycles. The van der Waals surface area contributed by atoms with Crippen LogP contribution < -0.4 is 22.1 Å². The van der Waals surface area contributed by atoms with Crippen molar-refractivity contribution >= 4 is 23.6 Å². The first-order chi connectivity index (χ1) is 14.3. The van der Waals surface area contributed by atoms with Crippen LogP contribution in [0.3, 0.4) is 0 Å². The SMILES string of the molecule is CC(C)(C)C(N)C(=O)N1C[C@H]2[C@@H]([C@H]1C(=O)NC(C[C@@H]1CCCNC1=O)C(N)=O)C2(C)C. The zero-order chi connectivity index (χ0) is 23.3. The summed E-state index contributed by atoms with van der Waals surface area (Å²) in [6.07, 6.45) is 1.63. The van der Waals surface area contributed by atoms with Crippen molar-refractivity contribution in [2.75, 3.05) is 13.1 Å². The van der Waals surface area contributed by atoms with Crippen molar-refractivity contribution in [3.05, 3.63) is 0 Å². The lowest BCUT2D eigenvalue weighted by Gasteiger charge is -2.36. The van der Waals surface area contributed by atoms with Crippen molar-refractivity contribution in [3.63, 3.8) is 0 Å². The lowest BCUT2D eigenvalue weighted by atomic mass is 9.86. The summed E-state index contributed by atoms with van der Waals surface area (Å²) < 4.78 is 0. The van der Waals surface area contributed by atoms with Crippen molar-refractivity contribution in [3.8, 4) is 0 Å². The normalized spacial score (nSPS) is 31.3. The number of nitrogens with zero attached hydrogens (tertiary/aromatic N) is 1. The number of fused-ring (bicyclic) bond motifs is 1. The van der Waals surface area contributed by atoms with E-state index in [9.17, 15) is 19.2 Å². The van der Waals surface area contributed by atoms with Gasteiger partial charge in [0, 0.05) is 19.0 Å². The van der Waals surface area contributed by atoms with Crippen LogP contribution >= 0.6 is 0 Å². The minimum absolute atomic E-state index is 0.00937.